The molecule has 0 unspecified atom stereocenters. The van der Waals surface area contributed by atoms with Crippen molar-refractivity contribution in [1.29, 1.82) is 0 Å². The van der Waals surface area contributed by atoms with E-state index in [9.17, 15) is 0 Å². The molecule has 2 rings (SSSR count). The molecule has 0 atom stereocenters. The molecule has 5 heteroatoms. The Bertz CT molecular complexity index is 537. The standard InChI is InChI=1S/C14H19N3O2/c1-3-18-12-5-4-6-13(7-12)19-10-14-16-11(8-15)9-17(14)2/h4-7,9H,3,8,10,15H2,1-2H3. The van der Waals surface area contributed by atoms with E-state index >= 15 is 0 Å². The van der Waals surface area contributed by atoms with Gasteiger partial charge in [0.05, 0.1) is 12.3 Å². The Morgan fingerprint density at radius 2 is 2.00 bits per heavy atom. The first-order valence-corrected chi connectivity index (χ1v) is 6.29. The molecule has 19 heavy (non-hydrogen) atoms. The van der Waals surface area contributed by atoms with Gasteiger partial charge in [0.25, 0.3) is 0 Å². The van der Waals surface area contributed by atoms with Gasteiger partial charge in [-0.25, -0.2) is 4.98 Å². The predicted molar refractivity (Wildman–Crippen MR) is 73.0 cm³/mol. The van der Waals surface area contributed by atoms with Crippen LogP contribution < -0.4 is 15.2 Å². The second-order valence-corrected chi connectivity index (χ2v) is 4.16. The highest BCUT2D eigenvalue weighted by Gasteiger charge is 2.05. The van der Waals surface area contributed by atoms with Crippen molar-refractivity contribution in [3.05, 3.63) is 42.0 Å². The van der Waals surface area contributed by atoms with Crippen LogP contribution in [0.3, 0.4) is 0 Å². The second kappa shape index (κ2) is 6.24. The SMILES string of the molecule is CCOc1cccc(OCc2nc(CN)cn2C)c1. The first-order chi connectivity index (χ1) is 9.22. The molecule has 1 aromatic carbocycles. The fraction of sp³-hybridized carbons (Fsp3) is 0.357. The molecule has 1 aromatic heterocycles. The molecule has 0 aliphatic carbocycles. The third-order valence-electron chi connectivity index (χ3n) is 2.72. The molecule has 1 heterocycles. The zero-order valence-electron chi connectivity index (χ0n) is 11.3. The minimum absolute atomic E-state index is 0.409. The summed E-state index contributed by atoms with van der Waals surface area (Å²) >= 11 is 0. The van der Waals surface area contributed by atoms with Crippen LogP contribution in [0.4, 0.5) is 0 Å². The minimum atomic E-state index is 0.409. The van der Waals surface area contributed by atoms with Crippen LogP contribution >= 0.6 is 0 Å². The van der Waals surface area contributed by atoms with E-state index in [1.54, 1.807) is 0 Å². The zero-order valence-corrected chi connectivity index (χ0v) is 11.3. The summed E-state index contributed by atoms with van der Waals surface area (Å²) in [7, 11) is 1.93. The maximum Gasteiger partial charge on any atom is 0.146 e. The lowest BCUT2D eigenvalue weighted by Crippen LogP contribution is -2.03. The van der Waals surface area contributed by atoms with Gasteiger partial charge in [-0.1, -0.05) is 6.07 Å². The van der Waals surface area contributed by atoms with Gasteiger partial charge < -0.3 is 19.8 Å². The summed E-state index contributed by atoms with van der Waals surface area (Å²) in [5, 5.41) is 0. The molecule has 0 aliphatic heterocycles. The largest absolute Gasteiger partial charge is 0.494 e. The van der Waals surface area contributed by atoms with Crippen LogP contribution in [0.1, 0.15) is 18.4 Å². The lowest BCUT2D eigenvalue weighted by molar-refractivity contribution is 0.287. The molecule has 0 fully saturated rings. The van der Waals surface area contributed by atoms with Crippen molar-refractivity contribution in [2.75, 3.05) is 6.61 Å². The van der Waals surface area contributed by atoms with E-state index in [1.807, 2.05) is 49.0 Å². The van der Waals surface area contributed by atoms with E-state index < -0.39 is 0 Å². The fourth-order valence-corrected chi connectivity index (χ4v) is 1.77. The molecule has 2 N–H and O–H groups in total. The molecule has 0 saturated heterocycles. The van der Waals surface area contributed by atoms with E-state index in [0.29, 0.717) is 19.8 Å². The van der Waals surface area contributed by atoms with Crippen LogP contribution in [0.5, 0.6) is 11.5 Å². The lowest BCUT2D eigenvalue weighted by Gasteiger charge is -2.08. The van der Waals surface area contributed by atoms with Gasteiger partial charge in [-0.2, -0.15) is 0 Å². The van der Waals surface area contributed by atoms with Crippen LogP contribution in [-0.2, 0) is 20.2 Å². The van der Waals surface area contributed by atoms with E-state index in [4.69, 9.17) is 15.2 Å². The molecular weight excluding hydrogens is 242 g/mol. The number of hydrogen-bond acceptors (Lipinski definition) is 4. The van der Waals surface area contributed by atoms with Crippen molar-refractivity contribution >= 4 is 0 Å². The molecular formula is C14H19N3O2. The number of aromatic nitrogens is 2. The van der Waals surface area contributed by atoms with Gasteiger partial charge in [0.15, 0.2) is 0 Å². The van der Waals surface area contributed by atoms with E-state index in [2.05, 4.69) is 4.98 Å². The Balaban J connectivity index is 2.01. The van der Waals surface area contributed by atoms with E-state index in [0.717, 1.165) is 23.0 Å². The van der Waals surface area contributed by atoms with Crippen LogP contribution in [0.15, 0.2) is 30.5 Å². The number of nitrogens with two attached hydrogens (primary N) is 1. The van der Waals surface area contributed by atoms with Gasteiger partial charge in [-0.05, 0) is 19.1 Å². The van der Waals surface area contributed by atoms with Crippen molar-refractivity contribution in [2.45, 2.75) is 20.1 Å². The van der Waals surface area contributed by atoms with Gasteiger partial charge in [0, 0.05) is 25.9 Å². The Morgan fingerprint density at radius 3 is 2.63 bits per heavy atom. The maximum absolute atomic E-state index is 5.71. The normalized spacial score (nSPS) is 10.5. The summed E-state index contributed by atoms with van der Waals surface area (Å²) in [4.78, 5) is 4.38. The van der Waals surface area contributed by atoms with Crippen molar-refractivity contribution in [3.8, 4) is 11.5 Å². The highest BCUT2D eigenvalue weighted by molar-refractivity contribution is 5.32. The summed E-state index contributed by atoms with van der Waals surface area (Å²) in [5.41, 5.74) is 6.42. The molecule has 0 radical (unpaired) electrons. The number of nitrogens with zero attached hydrogens (tertiary/aromatic N) is 2. The van der Waals surface area contributed by atoms with Gasteiger partial charge >= 0.3 is 0 Å². The Hall–Kier alpha value is -2.01. The van der Waals surface area contributed by atoms with Crippen LogP contribution in [0.2, 0.25) is 0 Å². The average Bonchev–Trinajstić information content (AvgIpc) is 2.78. The van der Waals surface area contributed by atoms with Crippen LogP contribution in [0, 0.1) is 0 Å². The monoisotopic (exact) mass is 261 g/mol. The smallest absolute Gasteiger partial charge is 0.146 e. The maximum atomic E-state index is 5.71. The highest BCUT2D eigenvalue weighted by Crippen LogP contribution is 2.20. The number of rotatable bonds is 6. The van der Waals surface area contributed by atoms with Gasteiger partial charge in [0.1, 0.15) is 23.9 Å². The van der Waals surface area contributed by atoms with Crippen molar-refractivity contribution in [1.82, 2.24) is 9.55 Å². The topological polar surface area (TPSA) is 62.3 Å². The molecule has 5 nitrogen and oxygen atoms in total. The number of hydrogen-bond donors (Lipinski definition) is 1. The van der Waals surface area contributed by atoms with Crippen LogP contribution in [-0.4, -0.2) is 16.2 Å². The minimum Gasteiger partial charge on any atom is -0.494 e. The summed E-state index contributed by atoms with van der Waals surface area (Å²) in [5.74, 6) is 2.42. The first kappa shape index (κ1) is 13.4. The molecule has 0 saturated carbocycles. The number of imidazole rings is 1. The summed E-state index contributed by atoms with van der Waals surface area (Å²) < 4.78 is 13.1. The molecule has 0 amide bonds. The van der Waals surface area contributed by atoms with Gasteiger partial charge in [0.2, 0.25) is 0 Å². The molecule has 0 spiro atoms. The quantitative estimate of drug-likeness (QED) is 0.862. The zero-order chi connectivity index (χ0) is 13.7. The second-order valence-electron chi connectivity index (χ2n) is 4.16. The van der Waals surface area contributed by atoms with Gasteiger partial charge in [-0.3, -0.25) is 0 Å². The molecule has 102 valence electrons. The lowest BCUT2D eigenvalue weighted by atomic mass is 10.3. The number of benzene rings is 1. The van der Waals surface area contributed by atoms with Gasteiger partial charge in [-0.15, -0.1) is 0 Å². The first-order valence-electron chi connectivity index (χ1n) is 6.29. The summed E-state index contributed by atoms with van der Waals surface area (Å²) in [6.45, 7) is 3.44. The van der Waals surface area contributed by atoms with E-state index in [-0.39, 0.29) is 0 Å². The Labute approximate surface area is 113 Å². The van der Waals surface area contributed by atoms with Crippen molar-refractivity contribution in [2.24, 2.45) is 12.8 Å². The highest BCUT2D eigenvalue weighted by atomic mass is 16.5. The molecule has 0 aliphatic rings. The van der Waals surface area contributed by atoms with Crippen LogP contribution in [0.25, 0.3) is 0 Å². The number of aryl methyl sites for hydroxylation is 1. The predicted octanol–water partition coefficient (Wildman–Crippen LogP) is 1.86. The summed E-state index contributed by atoms with van der Waals surface area (Å²) in [6.07, 6.45) is 1.91. The molecule has 2 aromatic rings. The van der Waals surface area contributed by atoms with E-state index in [1.165, 1.54) is 0 Å². The Kier molecular flexibility index (Phi) is 4.41. The third kappa shape index (κ3) is 3.48. The Morgan fingerprint density at radius 1 is 1.26 bits per heavy atom. The average molecular weight is 261 g/mol. The third-order valence-corrected chi connectivity index (χ3v) is 2.72. The van der Waals surface area contributed by atoms with Crippen molar-refractivity contribution in [3.63, 3.8) is 0 Å². The fourth-order valence-electron chi connectivity index (χ4n) is 1.77. The number of ether oxygens (including phenoxy) is 2. The summed E-state index contributed by atoms with van der Waals surface area (Å²) in [6, 6.07) is 7.58. The molecule has 0 bridgehead atoms. The van der Waals surface area contributed by atoms with Crippen molar-refractivity contribution < 1.29 is 9.47 Å².